The molecule has 2 saturated heterocycles. The number of nitrogens with zero attached hydrogens (tertiary/aromatic N) is 3. The van der Waals surface area contributed by atoms with E-state index < -0.39 is 0 Å². The summed E-state index contributed by atoms with van der Waals surface area (Å²) < 4.78 is 2.02. The van der Waals surface area contributed by atoms with Gasteiger partial charge in [-0.05, 0) is 45.6 Å². The fourth-order valence-corrected chi connectivity index (χ4v) is 5.10. The van der Waals surface area contributed by atoms with E-state index in [4.69, 9.17) is 0 Å². The molecule has 3 aliphatic rings. The first kappa shape index (κ1) is 16.9. The highest BCUT2D eigenvalue weighted by molar-refractivity contribution is 5.88. The highest BCUT2D eigenvalue weighted by Crippen LogP contribution is 2.33. The molecule has 0 aromatic carbocycles. The van der Waals surface area contributed by atoms with Crippen LogP contribution in [0.3, 0.4) is 0 Å². The summed E-state index contributed by atoms with van der Waals surface area (Å²) in [6, 6.07) is 3.82. The predicted molar refractivity (Wildman–Crippen MR) is 98.7 cm³/mol. The smallest absolute Gasteiger partial charge is 0.320 e. The van der Waals surface area contributed by atoms with Crippen molar-refractivity contribution in [2.24, 2.45) is 0 Å². The Morgan fingerprint density at radius 2 is 1.72 bits per heavy atom. The van der Waals surface area contributed by atoms with Crippen molar-refractivity contribution in [1.29, 1.82) is 0 Å². The monoisotopic (exact) mass is 345 g/mol. The standard InChI is InChI=1S/C19H31N5O/c1-23-16-8-5-9-17(23)13-14(12-16)21-19(25)22-18-10-11-20-24(18)15-6-3-2-4-7-15/h10-11,14-17H,2-9,12-13H2,1H3,(H2,21,22,25). The third-order valence-corrected chi connectivity index (χ3v) is 6.51. The summed E-state index contributed by atoms with van der Waals surface area (Å²) in [4.78, 5) is 15.1. The minimum atomic E-state index is -0.0785. The molecule has 6 nitrogen and oxygen atoms in total. The number of amides is 2. The molecule has 25 heavy (non-hydrogen) atoms. The number of carbonyl (C=O) groups excluding carboxylic acids is 1. The molecule has 2 amide bonds. The molecule has 3 heterocycles. The largest absolute Gasteiger partial charge is 0.335 e. The Balaban J connectivity index is 1.34. The molecule has 4 rings (SSSR count). The quantitative estimate of drug-likeness (QED) is 0.881. The van der Waals surface area contributed by atoms with Crippen LogP contribution < -0.4 is 10.6 Å². The molecule has 2 aliphatic heterocycles. The molecule has 2 unspecified atom stereocenters. The Kier molecular flexibility index (Phi) is 4.97. The summed E-state index contributed by atoms with van der Waals surface area (Å²) in [6.45, 7) is 0. The highest BCUT2D eigenvalue weighted by Gasteiger charge is 2.36. The summed E-state index contributed by atoms with van der Waals surface area (Å²) in [6.07, 6.45) is 14.0. The van der Waals surface area contributed by atoms with Gasteiger partial charge in [0.15, 0.2) is 0 Å². The lowest BCUT2D eigenvalue weighted by molar-refractivity contribution is 0.0513. The van der Waals surface area contributed by atoms with E-state index in [1.54, 1.807) is 6.20 Å². The van der Waals surface area contributed by atoms with E-state index in [-0.39, 0.29) is 12.1 Å². The lowest BCUT2D eigenvalue weighted by Gasteiger charge is -2.47. The van der Waals surface area contributed by atoms with Gasteiger partial charge in [-0.1, -0.05) is 25.7 Å². The number of hydrogen-bond acceptors (Lipinski definition) is 3. The van der Waals surface area contributed by atoms with Crippen LogP contribution in [0.2, 0.25) is 0 Å². The fourth-order valence-electron chi connectivity index (χ4n) is 5.10. The molecule has 2 atom stereocenters. The number of rotatable bonds is 3. The van der Waals surface area contributed by atoms with E-state index in [1.807, 2.05) is 10.7 Å². The zero-order chi connectivity index (χ0) is 17.2. The van der Waals surface area contributed by atoms with Gasteiger partial charge in [0.25, 0.3) is 0 Å². The second-order valence-corrected chi connectivity index (χ2v) is 8.12. The van der Waals surface area contributed by atoms with Crippen molar-refractivity contribution in [3.63, 3.8) is 0 Å². The van der Waals surface area contributed by atoms with Crippen molar-refractivity contribution < 1.29 is 4.79 Å². The van der Waals surface area contributed by atoms with Gasteiger partial charge in [0, 0.05) is 24.2 Å². The van der Waals surface area contributed by atoms with Crippen LogP contribution in [0.4, 0.5) is 10.6 Å². The van der Waals surface area contributed by atoms with Crippen molar-refractivity contribution in [3.05, 3.63) is 12.3 Å². The van der Waals surface area contributed by atoms with Gasteiger partial charge < -0.3 is 10.2 Å². The number of aromatic nitrogens is 2. The van der Waals surface area contributed by atoms with E-state index in [9.17, 15) is 4.79 Å². The van der Waals surface area contributed by atoms with Crippen molar-refractivity contribution in [2.75, 3.05) is 12.4 Å². The van der Waals surface area contributed by atoms with E-state index in [0.29, 0.717) is 18.1 Å². The van der Waals surface area contributed by atoms with Gasteiger partial charge in [-0.2, -0.15) is 5.10 Å². The third kappa shape index (κ3) is 3.68. The van der Waals surface area contributed by atoms with Gasteiger partial charge >= 0.3 is 6.03 Å². The normalized spacial score (nSPS) is 30.8. The first-order valence-corrected chi connectivity index (χ1v) is 10.0. The van der Waals surface area contributed by atoms with Gasteiger partial charge in [-0.3, -0.25) is 5.32 Å². The van der Waals surface area contributed by atoms with E-state index in [2.05, 4.69) is 27.7 Å². The fraction of sp³-hybridized carbons (Fsp3) is 0.789. The number of piperidine rings is 2. The number of hydrogen-bond donors (Lipinski definition) is 2. The number of fused-ring (bicyclic) bond motifs is 2. The van der Waals surface area contributed by atoms with Gasteiger partial charge in [0.2, 0.25) is 0 Å². The molecule has 1 aromatic heterocycles. The average Bonchev–Trinajstić information content (AvgIpc) is 3.04. The predicted octanol–water partition coefficient (Wildman–Crippen LogP) is 3.53. The zero-order valence-electron chi connectivity index (χ0n) is 15.3. The first-order chi connectivity index (χ1) is 12.2. The summed E-state index contributed by atoms with van der Waals surface area (Å²) in [5.74, 6) is 0.831. The van der Waals surface area contributed by atoms with Gasteiger partial charge in [0.1, 0.15) is 5.82 Å². The van der Waals surface area contributed by atoms with Crippen molar-refractivity contribution in [2.45, 2.75) is 88.4 Å². The SMILES string of the molecule is CN1C2CCCC1CC(NC(=O)Nc1ccnn1C1CCCCC1)C2. The van der Waals surface area contributed by atoms with Crippen LogP contribution in [0.15, 0.2) is 12.3 Å². The molecular formula is C19H31N5O. The molecule has 0 spiro atoms. The number of anilines is 1. The lowest BCUT2D eigenvalue weighted by Crippen LogP contribution is -2.55. The number of carbonyl (C=O) groups is 1. The molecule has 6 heteroatoms. The molecule has 1 aromatic rings. The molecule has 1 aliphatic carbocycles. The molecule has 0 radical (unpaired) electrons. The Hall–Kier alpha value is -1.56. The van der Waals surface area contributed by atoms with Crippen molar-refractivity contribution >= 4 is 11.8 Å². The second-order valence-electron chi connectivity index (χ2n) is 8.12. The maximum atomic E-state index is 12.5. The average molecular weight is 345 g/mol. The molecule has 138 valence electrons. The maximum absolute atomic E-state index is 12.5. The van der Waals surface area contributed by atoms with Gasteiger partial charge in [0.05, 0.1) is 12.2 Å². The first-order valence-electron chi connectivity index (χ1n) is 10.0. The molecule has 2 bridgehead atoms. The van der Waals surface area contributed by atoms with Crippen LogP contribution >= 0.6 is 0 Å². The zero-order valence-corrected chi connectivity index (χ0v) is 15.3. The molecule has 3 fully saturated rings. The Labute approximate surface area is 150 Å². The minimum Gasteiger partial charge on any atom is -0.335 e. The van der Waals surface area contributed by atoms with E-state index in [1.165, 1.54) is 38.5 Å². The van der Waals surface area contributed by atoms with Crippen LogP contribution in [0.25, 0.3) is 0 Å². The Morgan fingerprint density at radius 1 is 1.04 bits per heavy atom. The van der Waals surface area contributed by atoms with Crippen molar-refractivity contribution in [1.82, 2.24) is 20.0 Å². The van der Waals surface area contributed by atoms with E-state index >= 15 is 0 Å². The summed E-state index contributed by atoms with van der Waals surface area (Å²) in [7, 11) is 2.24. The molecular weight excluding hydrogens is 314 g/mol. The van der Waals surface area contributed by atoms with Gasteiger partial charge in [-0.25, -0.2) is 9.48 Å². The topological polar surface area (TPSA) is 62.2 Å². The molecule has 1 saturated carbocycles. The number of urea groups is 1. The molecule has 2 N–H and O–H groups in total. The summed E-state index contributed by atoms with van der Waals surface area (Å²) in [5.41, 5.74) is 0. The van der Waals surface area contributed by atoms with Crippen molar-refractivity contribution in [3.8, 4) is 0 Å². The second kappa shape index (κ2) is 7.36. The number of nitrogens with one attached hydrogen (secondary N) is 2. The third-order valence-electron chi connectivity index (χ3n) is 6.51. The van der Waals surface area contributed by atoms with Crippen LogP contribution in [0.5, 0.6) is 0 Å². The summed E-state index contributed by atoms with van der Waals surface area (Å²) in [5, 5.41) is 10.7. The minimum absolute atomic E-state index is 0.0785. The highest BCUT2D eigenvalue weighted by atomic mass is 16.2. The lowest BCUT2D eigenvalue weighted by atomic mass is 9.82. The van der Waals surface area contributed by atoms with Crippen LogP contribution in [-0.4, -0.2) is 45.9 Å². The van der Waals surface area contributed by atoms with Crippen LogP contribution in [-0.2, 0) is 0 Å². The Morgan fingerprint density at radius 3 is 2.44 bits per heavy atom. The van der Waals surface area contributed by atoms with Gasteiger partial charge in [-0.15, -0.1) is 0 Å². The maximum Gasteiger partial charge on any atom is 0.320 e. The summed E-state index contributed by atoms with van der Waals surface area (Å²) >= 11 is 0. The Bertz CT molecular complexity index is 580. The van der Waals surface area contributed by atoms with Crippen LogP contribution in [0, 0.1) is 0 Å². The van der Waals surface area contributed by atoms with Crippen LogP contribution in [0.1, 0.15) is 70.3 Å². The van der Waals surface area contributed by atoms with E-state index in [0.717, 1.165) is 31.5 Å².